The lowest BCUT2D eigenvalue weighted by Crippen LogP contribution is -2.10. The molecule has 0 bridgehead atoms. The highest BCUT2D eigenvalue weighted by Gasteiger charge is 2.54. The average molecular weight is 167 g/mol. The van der Waals surface area contributed by atoms with Crippen LogP contribution in [0.25, 0.3) is 14.5 Å². The summed E-state index contributed by atoms with van der Waals surface area (Å²) in [4.78, 5) is 9.21. The molecule has 13 heavy (non-hydrogen) atoms. The lowest BCUT2D eigenvalue weighted by atomic mass is 10.1. The molecule has 3 nitrogen and oxygen atoms in total. The van der Waals surface area contributed by atoms with Crippen molar-refractivity contribution in [3.05, 3.63) is 70.1 Å². The number of hydrogen-bond donors (Lipinski definition) is 0. The lowest BCUT2D eigenvalue weighted by Gasteiger charge is -1.94. The van der Waals surface area contributed by atoms with Crippen LogP contribution in [0, 0.1) is 19.7 Å². The molecular formula is C10H5N3. The fraction of sp³-hybridized carbons (Fsp3) is 0.100. The van der Waals surface area contributed by atoms with Crippen molar-refractivity contribution < 1.29 is 0 Å². The summed E-state index contributed by atoms with van der Waals surface area (Å²) in [5, 5.41) is 0. The van der Waals surface area contributed by atoms with E-state index >= 15 is 0 Å². The van der Waals surface area contributed by atoms with Crippen molar-refractivity contribution in [3.63, 3.8) is 0 Å². The molecule has 0 aliphatic carbocycles. The van der Waals surface area contributed by atoms with E-state index in [1.54, 1.807) is 30.3 Å². The number of hydrogen-bond acceptors (Lipinski definition) is 0. The quantitative estimate of drug-likeness (QED) is 0.570. The first-order valence-electron chi connectivity index (χ1n) is 3.50. The molecule has 1 aromatic rings. The van der Waals surface area contributed by atoms with E-state index in [-0.39, 0.29) is 0 Å². The minimum atomic E-state index is -1.71. The Morgan fingerprint density at radius 3 is 1.69 bits per heavy atom. The van der Waals surface area contributed by atoms with Crippen molar-refractivity contribution in [2.45, 2.75) is 5.79 Å². The highest BCUT2D eigenvalue weighted by Crippen LogP contribution is 2.28. The van der Waals surface area contributed by atoms with Gasteiger partial charge in [0, 0.05) is 0 Å². The van der Waals surface area contributed by atoms with Crippen molar-refractivity contribution in [1.29, 1.82) is 0 Å². The van der Waals surface area contributed by atoms with Crippen LogP contribution in [0.15, 0.2) is 30.3 Å². The first kappa shape index (κ1) is 8.78. The Hall–Kier alpha value is -2.31. The Labute approximate surface area is 76.7 Å². The van der Waals surface area contributed by atoms with Gasteiger partial charge in [-0.1, -0.05) is 18.2 Å². The summed E-state index contributed by atoms with van der Waals surface area (Å²) in [7, 11) is 0. The molecule has 0 unspecified atom stereocenters. The number of benzene rings is 1. The standard InChI is InChI=1S/C10H5N3/c1-11-10(12-2,13-3)9-7-5-4-6-8-9/h4-8H. The Bertz CT molecular complexity index is 378. The predicted molar refractivity (Wildman–Crippen MR) is 47.9 cm³/mol. The maximum Gasteiger partial charge on any atom is 0.783 e. The zero-order chi connectivity index (χ0) is 9.73. The zero-order valence-electron chi connectivity index (χ0n) is 6.73. The minimum Gasteiger partial charge on any atom is -0.214 e. The molecule has 0 atom stereocenters. The second-order valence-electron chi connectivity index (χ2n) is 2.34. The molecule has 0 fully saturated rings. The Kier molecular flexibility index (Phi) is 2.29. The van der Waals surface area contributed by atoms with Gasteiger partial charge in [-0.3, -0.25) is 0 Å². The predicted octanol–water partition coefficient (Wildman–Crippen LogP) is 2.55. The molecule has 0 aromatic heterocycles. The summed E-state index contributed by atoms with van der Waals surface area (Å²) in [5.74, 6) is -1.71. The van der Waals surface area contributed by atoms with E-state index in [2.05, 4.69) is 14.5 Å². The van der Waals surface area contributed by atoms with Gasteiger partial charge in [-0.15, -0.1) is 14.5 Å². The molecule has 0 aliphatic heterocycles. The van der Waals surface area contributed by atoms with E-state index in [0.717, 1.165) is 0 Å². The van der Waals surface area contributed by atoms with E-state index in [9.17, 15) is 0 Å². The molecular weight excluding hydrogens is 162 g/mol. The highest BCUT2D eigenvalue weighted by molar-refractivity contribution is 5.34. The highest BCUT2D eigenvalue weighted by atomic mass is 15.2. The lowest BCUT2D eigenvalue weighted by molar-refractivity contribution is 0.835. The first-order valence-corrected chi connectivity index (χ1v) is 3.50. The number of nitrogens with zero attached hydrogens (tertiary/aromatic N) is 3. The number of rotatable bonds is 1. The second-order valence-corrected chi connectivity index (χ2v) is 2.34. The van der Waals surface area contributed by atoms with Crippen molar-refractivity contribution in [2.24, 2.45) is 0 Å². The Morgan fingerprint density at radius 2 is 1.31 bits per heavy atom. The smallest absolute Gasteiger partial charge is 0.214 e. The molecule has 0 N–H and O–H groups in total. The average Bonchev–Trinajstić information content (AvgIpc) is 2.23. The van der Waals surface area contributed by atoms with E-state index < -0.39 is 5.79 Å². The van der Waals surface area contributed by atoms with Gasteiger partial charge in [-0.05, 0) is 12.1 Å². The van der Waals surface area contributed by atoms with Gasteiger partial charge in [-0.2, -0.15) is 0 Å². The van der Waals surface area contributed by atoms with Crippen LogP contribution in [0.3, 0.4) is 0 Å². The SMILES string of the molecule is [C-]#[N+]C([N+]#[C-])([N+]#[C-])c1ccccc1. The molecule has 0 aliphatic rings. The fourth-order valence-corrected chi connectivity index (χ4v) is 0.930. The van der Waals surface area contributed by atoms with Gasteiger partial charge in [0.05, 0.1) is 0 Å². The molecule has 0 saturated carbocycles. The van der Waals surface area contributed by atoms with Crippen LogP contribution in [0.5, 0.6) is 0 Å². The summed E-state index contributed by atoms with van der Waals surface area (Å²) >= 11 is 0. The molecule has 0 amide bonds. The topological polar surface area (TPSA) is 13.1 Å². The van der Waals surface area contributed by atoms with Crippen LogP contribution in [0.4, 0.5) is 0 Å². The van der Waals surface area contributed by atoms with Gasteiger partial charge in [0.2, 0.25) is 5.56 Å². The van der Waals surface area contributed by atoms with E-state index in [1.807, 2.05) is 0 Å². The van der Waals surface area contributed by atoms with Crippen molar-refractivity contribution >= 4 is 0 Å². The summed E-state index contributed by atoms with van der Waals surface area (Å²) in [6.07, 6.45) is 0. The maximum atomic E-state index is 6.84. The third kappa shape index (κ3) is 1.34. The molecule has 3 heteroatoms. The third-order valence-electron chi connectivity index (χ3n) is 1.63. The maximum absolute atomic E-state index is 6.84. The molecule has 0 saturated heterocycles. The summed E-state index contributed by atoms with van der Waals surface area (Å²) in [6, 6.07) is 8.45. The summed E-state index contributed by atoms with van der Waals surface area (Å²) < 4.78 is 0. The van der Waals surface area contributed by atoms with Crippen LogP contribution in [-0.4, -0.2) is 0 Å². The second kappa shape index (κ2) is 3.39. The van der Waals surface area contributed by atoms with Gasteiger partial charge in [0.1, 0.15) is 0 Å². The Balaban J connectivity index is 3.31. The van der Waals surface area contributed by atoms with Gasteiger partial charge in [0.25, 0.3) is 0 Å². The van der Waals surface area contributed by atoms with Crippen molar-refractivity contribution in [2.75, 3.05) is 0 Å². The first-order chi connectivity index (χ1) is 6.29. The monoisotopic (exact) mass is 167 g/mol. The van der Waals surface area contributed by atoms with Crippen LogP contribution in [0.1, 0.15) is 5.56 Å². The van der Waals surface area contributed by atoms with Crippen LogP contribution < -0.4 is 0 Å². The molecule has 0 heterocycles. The van der Waals surface area contributed by atoms with Crippen molar-refractivity contribution in [1.82, 2.24) is 0 Å². The van der Waals surface area contributed by atoms with E-state index in [4.69, 9.17) is 19.7 Å². The minimum absolute atomic E-state index is 0.440. The largest absolute Gasteiger partial charge is 0.783 e. The molecule has 1 aromatic carbocycles. The Morgan fingerprint density at radius 1 is 0.846 bits per heavy atom. The van der Waals surface area contributed by atoms with Gasteiger partial charge in [0.15, 0.2) is 0 Å². The van der Waals surface area contributed by atoms with Gasteiger partial charge in [-0.25, -0.2) is 19.7 Å². The van der Waals surface area contributed by atoms with Crippen LogP contribution in [0.2, 0.25) is 0 Å². The van der Waals surface area contributed by atoms with Crippen LogP contribution >= 0.6 is 0 Å². The summed E-state index contributed by atoms with van der Waals surface area (Å²) in [5.41, 5.74) is 0.440. The normalized spacial score (nSPS) is 9.31. The van der Waals surface area contributed by atoms with Gasteiger partial charge >= 0.3 is 5.79 Å². The van der Waals surface area contributed by atoms with Crippen molar-refractivity contribution in [3.8, 4) is 0 Å². The summed E-state index contributed by atoms with van der Waals surface area (Å²) in [6.45, 7) is 20.5. The molecule has 0 radical (unpaired) electrons. The molecule has 60 valence electrons. The van der Waals surface area contributed by atoms with Gasteiger partial charge < -0.3 is 0 Å². The zero-order valence-corrected chi connectivity index (χ0v) is 6.73. The molecule has 1 rings (SSSR count). The fourth-order valence-electron chi connectivity index (χ4n) is 0.930. The van der Waals surface area contributed by atoms with Crippen LogP contribution in [-0.2, 0) is 5.79 Å². The van der Waals surface area contributed by atoms with E-state index in [0.29, 0.717) is 5.56 Å². The van der Waals surface area contributed by atoms with E-state index in [1.165, 1.54) is 0 Å². The molecule has 0 spiro atoms. The third-order valence-corrected chi connectivity index (χ3v) is 1.63.